The molecule has 2 aromatic heterocycles. The number of fused-ring (bicyclic) bond motifs is 1. The molecule has 1 aromatic carbocycles. The normalized spacial score (nSPS) is 17.8. The molecule has 6 heteroatoms. The monoisotopic (exact) mass is 341 g/mol. The fourth-order valence-corrected chi connectivity index (χ4v) is 3.70. The number of nitrogens with zero attached hydrogens (tertiary/aromatic N) is 5. The molecule has 0 N–H and O–H groups in total. The van der Waals surface area contributed by atoms with Crippen molar-refractivity contribution in [1.82, 2.24) is 19.8 Å². The van der Waals surface area contributed by atoms with Crippen LogP contribution < -0.4 is 4.90 Å². The highest BCUT2D eigenvalue weighted by atomic mass is 35.5. The van der Waals surface area contributed by atoms with Crippen molar-refractivity contribution in [2.24, 2.45) is 5.92 Å². The van der Waals surface area contributed by atoms with E-state index in [4.69, 9.17) is 11.6 Å². The van der Waals surface area contributed by atoms with Crippen molar-refractivity contribution in [3.05, 3.63) is 52.4 Å². The SMILES string of the molecule is Cc1nn2cnnc2c(N2CCC(Cc3ccc(Cl)cc3)C2)c1C. The van der Waals surface area contributed by atoms with Crippen LogP contribution in [0.25, 0.3) is 5.65 Å². The van der Waals surface area contributed by atoms with Gasteiger partial charge in [0.15, 0.2) is 0 Å². The molecule has 1 fully saturated rings. The van der Waals surface area contributed by atoms with E-state index in [1.54, 1.807) is 10.8 Å². The van der Waals surface area contributed by atoms with Gasteiger partial charge >= 0.3 is 0 Å². The van der Waals surface area contributed by atoms with Crippen LogP contribution in [0.4, 0.5) is 5.69 Å². The van der Waals surface area contributed by atoms with Gasteiger partial charge in [-0.2, -0.15) is 9.61 Å². The number of aromatic nitrogens is 4. The number of aryl methyl sites for hydroxylation is 1. The Morgan fingerprint density at radius 1 is 1.21 bits per heavy atom. The number of rotatable bonds is 3. The van der Waals surface area contributed by atoms with Crippen molar-refractivity contribution in [1.29, 1.82) is 0 Å². The zero-order valence-electron chi connectivity index (χ0n) is 13.9. The zero-order chi connectivity index (χ0) is 16.7. The Morgan fingerprint density at radius 3 is 2.79 bits per heavy atom. The molecule has 3 aromatic rings. The van der Waals surface area contributed by atoms with Gasteiger partial charge in [-0.1, -0.05) is 23.7 Å². The summed E-state index contributed by atoms with van der Waals surface area (Å²) in [5, 5.41) is 13.6. The third-order valence-corrected chi connectivity index (χ3v) is 5.19. The quantitative estimate of drug-likeness (QED) is 0.732. The predicted molar refractivity (Wildman–Crippen MR) is 95.7 cm³/mol. The molecular formula is C18H20ClN5. The largest absolute Gasteiger partial charge is 0.368 e. The molecule has 0 spiro atoms. The van der Waals surface area contributed by atoms with Gasteiger partial charge in [0.1, 0.15) is 6.33 Å². The van der Waals surface area contributed by atoms with E-state index in [2.05, 4.69) is 39.3 Å². The van der Waals surface area contributed by atoms with Gasteiger partial charge in [-0.05, 0) is 55.9 Å². The second-order valence-electron chi connectivity index (χ2n) is 6.59. The molecule has 24 heavy (non-hydrogen) atoms. The summed E-state index contributed by atoms with van der Waals surface area (Å²) in [7, 11) is 0. The average molecular weight is 342 g/mol. The third-order valence-electron chi connectivity index (χ3n) is 4.94. The van der Waals surface area contributed by atoms with Gasteiger partial charge < -0.3 is 4.90 Å². The summed E-state index contributed by atoms with van der Waals surface area (Å²) in [4.78, 5) is 2.44. The highest BCUT2D eigenvalue weighted by molar-refractivity contribution is 6.30. The maximum Gasteiger partial charge on any atom is 0.201 e. The van der Waals surface area contributed by atoms with Crippen molar-refractivity contribution >= 4 is 22.9 Å². The summed E-state index contributed by atoms with van der Waals surface area (Å²) in [6, 6.07) is 8.20. The van der Waals surface area contributed by atoms with E-state index in [0.717, 1.165) is 35.9 Å². The molecule has 4 rings (SSSR count). The van der Waals surface area contributed by atoms with Gasteiger partial charge in [-0.25, -0.2) is 0 Å². The number of hydrogen-bond donors (Lipinski definition) is 0. The van der Waals surface area contributed by atoms with Crippen molar-refractivity contribution < 1.29 is 0 Å². The standard InChI is InChI=1S/C18H20ClN5/c1-12-13(2)22-24-11-20-21-18(24)17(12)23-8-7-15(10-23)9-14-3-5-16(19)6-4-14/h3-6,11,15H,7-10H2,1-2H3. The molecule has 0 saturated carbocycles. The molecule has 5 nitrogen and oxygen atoms in total. The highest BCUT2D eigenvalue weighted by Gasteiger charge is 2.27. The molecule has 0 amide bonds. The Morgan fingerprint density at radius 2 is 2.00 bits per heavy atom. The molecule has 1 aliphatic rings. The fourth-order valence-electron chi connectivity index (χ4n) is 3.57. The Hall–Kier alpha value is -2.14. The maximum absolute atomic E-state index is 5.98. The summed E-state index contributed by atoms with van der Waals surface area (Å²) in [6.45, 7) is 6.25. The van der Waals surface area contributed by atoms with Crippen molar-refractivity contribution in [3.63, 3.8) is 0 Å². The first-order chi connectivity index (χ1) is 11.6. The minimum Gasteiger partial charge on any atom is -0.368 e. The van der Waals surface area contributed by atoms with E-state index >= 15 is 0 Å². The molecule has 1 unspecified atom stereocenters. The van der Waals surface area contributed by atoms with Gasteiger partial charge in [0, 0.05) is 18.1 Å². The van der Waals surface area contributed by atoms with Crippen molar-refractivity contribution in [2.75, 3.05) is 18.0 Å². The van der Waals surface area contributed by atoms with Crippen LogP contribution in [0.3, 0.4) is 0 Å². The summed E-state index contributed by atoms with van der Waals surface area (Å²) in [5.41, 5.74) is 5.60. The Kier molecular flexibility index (Phi) is 3.88. The second kappa shape index (κ2) is 6.06. The van der Waals surface area contributed by atoms with Crippen LogP contribution in [-0.2, 0) is 6.42 Å². The lowest BCUT2D eigenvalue weighted by atomic mass is 9.99. The second-order valence-corrected chi connectivity index (χ2v) is 7.03. The lowest BCUT2D eigenvalue weighted by Gasteiger charge is -2.22. The van der Waals surface area contributed by atoms with Crippen LogP contribution in [0.15, 0.2) is 30.6 Å². The van der Waals surface area contributed by atoms with Gasteiger partial charge in [0.25, 0.3) is 0 Å². The van der Waals surface area contributed by atoms with Crippen LogP contribution in [0.2, 0.25) is 5.02 Å². The Balaban J connectivity index is 1.58. The van der Waals surface area contributed by atoms with Gasteiger partial charge in [-0.3, -0.25) is 0 Å². The number of anilines is 1. The van der Waals surface area contributed by atoms with Crippen LogP contribution in [0.1, 0.15) is 23.2 Å². The molecule has 1 atom stereocenters. The minimum absolute atomic E-state index is 0.641. The molecule has 0 radical (unpaired) electrons. The molecule has 1 saturated heterocycles. The topological polar surface area (TPSA) is 46.3 Å². The molecule has 0 bridgehead atoms. The third kappa shape index (κ3) is 2.73. The van der Waals surface area contributed by atoms with Crippen LogP contribution >= 0.6 is 11.6 Å². The predicted octanol–water partition coefficient (Wildman–Crippen LogP) is 3.46. The summed E-state index contributed by atoms with van der Waals surface area (Å²) < 4.78 is 1.78. The number of benzene rings is 1. The summed E-state index contributed by atoms with van der Waals surface area (Å²) in [5.74, 6) is 0.641. The van der Waals surface area contributed by atoms with Crippen LogP contribution in [-0.4, -0.2) is 32.9 Å². The van der Waals surface area contributed by atoms with Crippen LogP contribution in [0.5, 0.6) is 0 Å². The van der Waals surface area contributed by atoms with Crippen LogP contribution in [0, 0.1) is 19.8 Å². The van der Waals surface area contributed by atoms with E-state index in [-0.39, 0.29) is 0 Å². The van der Waals surface area contributed by atoms with Gasteiger partial charge in [0.2, 0.25) is 5.65 Å². The Labute approximate surface area is 146 Å². The van der Waals surface area contributed by atoms with Crippen molar-refractivity contribution in [2.45, 2.75) is 26.7 Å². The number of halogens is 1. The van der Waals surface area contributed by atoms with Crippen molar-refractivity contribution in [3.8, 4) is 0 Å². The van der Waals surface area contributed by atoms with Gasteiger partial charge in [-0.15, -0.1) is 10.2 Å². The molecule has 124 valence electrons. The summed E-state index contributed by atoms with van der Waals surface area (Å²) >= 11 is 5.98. The average Bonchev–Trinajstić information content (AvgIpc) is 3.20. The summed E-state index contributed by atoms with van der Waals surface area (Å²) in [6.07, 6.45) is 3.94. The zero-order valence-corrected chi connectivity index (χ0v) is 14.7. The lowest BCUT2D eigenvalue weighted by Crippen LogP contribution is -2.23. The first-order valence-corrected chi connectivity index (χ1v) is 8.66. The molecular weight excluding hydrogens is 322 g/mol. The van der Waals surface area contributed by atoms with E-state index in [1.807, 2.05) is 19.1 Å². The molecule has 3 heterocycles. The molecule has 0 aliphatic carbocycles. The highest BCUT2D eigenvalue weighted by Crippen LogP contribution is 2.32. The first-order valence-electron chi connectivity index (χ1n) is 8.28. The smallest absolute Gasteiger partial charge is 0.201 e. The van der Waals surface area contributed by atoms with E-state index < -0.39 is 0 Å². The number of hydrogen-bond acceptors (Lipinski definition) is 4. The maximum atomic E-state index is 5.98. The Bertz CT molecular complexity index is 871. The van der Waals surface area contributed by atoms with Gasteiger partial charge in [0.05, 0.1) is 11.4 Å². The fraction of sp³-hybridized carbons (Fsp3) is 0.389. The first kappa shape index (κ1) is 15.4. The molecule has 1 aliphatic heterocycles. The lowest BCUT2D eigenvalue weighted by molar-refractivity contribution is 0.586. The van der Waals surface area contributed by atoms with E-state index in [0.29, 0.717) is 5.92 Å². The van der Waals surface area contributed by atoms with E-state index in [9.17, 15) is 0 Å². The van der Waals surface area contributed by atoms with E-state index in [1.165, 1.54) is 23.2 Å². The minimum atomic E-state index is 0.641.